The molecule has 0 aliphatic carbocycles. The van der Waals surface area contributed by atoms with E-state index in [1.165, 1.54) is 25.7 Å². The molecule has 84 valence electrons. The summed E-state index contributed by atoms with van der Waals surface area (Å²) in [6, 6.07) is 0. The van der Waals surface area contributed by atoms with Crippen molar-refractivity contribution in [3.8, 4) is 0 Å². The normalized spacial score (nSPS) is 16.4. The van der Waals surface area contributed by atoms with Crippen LogP contribution in [0.2, 0.25) is 0 Å². The summed E-state index contributed by atoms with van der Waals surface area (Å²) in [4.78, 5) is 0. The molecule has 2 atom stereocenters. The van der Waals surface area contributed by atoms with Gasteiger partial charge in [-0.2, -0.15) is 0 Å². The molecule has 0 aromatic carbocycles. The van der Waals surface area contributed by atoms with Crippen LogP contribution in [-0.2, 0) is 0 Å². The Morgan fingerprint density at radius 1 is 1.07 bits per heavy atom. The average Bonchev–Trinajstić information content (AvgIpc) is 2.10. The van der Waals surface area contributed by atoms with Gasteiger partial charge in [-0.1, -0.05) is 53.2 Å². The smallest absolute Gasteiger partial charge is 0.0265 e. The van der Waals surface area contributed by atoms with Crippen molar-refractivity contribution >= 4 is 0 Å². The molecule has 0 amide bonds. The Labute approximate surface area is 90.8 Å². The maximum Gasteiger partial charge on any atom is -0.0265 e. The van der Waals surface area contributed by atoms with Crippen LogP contribution in [0.4, 0.5) is 0 Å². The van der Waals surface area contributed by atoms with Gasteiger partial charge < -0.3 is 0 Å². The SMILES string of the molecule is CCC(C)C=CCCC(C)CC(C)C. The molecule has 0 nitrogen and oxygen atoms in total. The topological polar surface area (TPSA) is 0 Å². The molecule has 0 rings (SSSR count). The Hall–Kier alpha value is -0.260. The lowest BCUT2D eigenvalue weighted by molar-refractivity contribution is 0.417. The summed E-state index contributed by atoms with van der Waals surface area (Å²) < 4.78 is 0. The van der Waals surface area contributed by atoms with Gasteiger partial charge in [0.15, 0.2) is 0 Å². The van der Waals surface area contributed by atoms with Crippen LogP contribution in [0.15, 0.2) is 12.2 Å². The lowest BCUT2D eigenvalue weighted by Gasteiger charge is -2.12. The van der Waals surface area contributed by atoms with Crippen molar-refractivity contribution in [2.24, 2.45) is 17.8 Å². The molecule has 2 unspecified atom stereocenters. The molecule has 0 bridgehead atoms. The highest BCUT2D eigenvalue weighted by Gasteiger charge is 2.03. The zero-order valence-electron chi connectivity index (χ0n) is 10.7. The summed E-state index contributed by atoms with van der Waals surface area (Å²) in [5, 5.41) is 0. The fourth-order valence-electron chi connectivity index (χ4n) is 1.77. The summed E-state index contributed by atoms with van der Waals surface area (Å²) in [5.41, 5.74) is 0. The molecule has 0 aromatic rings. The van der Waals surface area contributed by atoms with Crippen LogP contribution in [-0.4, -0.2) is 0 Å². The van der Waals surface area contributed by atoms with Gasteiger partial charge in [-0.25, -0.2) is 0 Å². The highest BCUT2D eigenvalue weighted by molar-refractivity contribution is 4.86. The molecule has 0 saturated carbocycles. The maximum atomic E-state index is 2.37. The number of rotatable bonds is 7. The second-order valence-corrected chi connectivity index (χ2v) is 5.13. The lowest BCUT2D eigenvalue weighted by atomic mass is 9.94. The largest absolute Gasteiger partial charge is 0.0883 e. The van der Waals surface area contributed by atoms with Gasteiger partial charge in [-0.15, -0.1) is 0 Å². The second-order valence-electron chi connectivity index (χ2n) is 5.13. The van der Waals surface area contributed by atoms with Gasteiger partial charge in [0.1, 0.15) is 0 Å². The minimum Gasteiger partial charge on any atom is -0.0883 e. The van der Waals surface area contributed by atoms with Gasteiger partial charge >= 0.3 is 0 Å². The van der Waals surface area contributed by atoms with Crippen molar-refractivity contribution in [3.05, 3.63) is 12.2 Å². The molecule has 0 aromatic heterocycles. The van der Waals surface area contributed by atoms with E-state index in [0.717, 1.165) is 17.8 Å². The van der Waals surface area contributed by atoms with E-state index in [4.69, 9.17) is 0 Å². The lowest BCUT2D eigenvalue weighted by Crippen LogP contribution is -1.99. The van der Waals surface area contributed by atoms with E-state index in [1.54, 1.807) is 0 Å². The summed E-state index contributed by atoms with van der Waals surface area (Å²) >= 11 is 0. The van der Waals surface area contributed by atoms with Gasteiger partial charge in [-0.3, -0.25) is 0 Å². The Balaban J connectivity index is 3.48. The summed E-state index contributed by atoms with van der Waals surface area (Å²) in [6.45, 7) is 11.5. The van der Waals surface area contributed by atoms with Crippen molar-refractivity contribution in [2.45, 2.75) is 60.3 Å². The number of allylic oxidation sites excluding steroid dienone is 2. The summed E-state index contributed by atoms with van der Waals surface area (Å²) in [6.07, 6.45) is 9.98. The first-order valence-corrected chi connectivity index (χ1v) is 6.22. The van der Waals surface area contributed by atoms with Crippen LogP contribution in [0.5, 0.6) is 0 Å². The quantitative estimate of drug-likeness (QED) is 0.500. The predicted molar refractivity (Wildman–Crippen MR) is 66.4 cm³/mol. The van der Waals surface area contributed by atoms with Gasteiger partial charge in [0.2, 0.25) is 0 Å². The van der Waals surface area contributed by atoms with Crippen LogP contribution in [0.25, 0.3) is 0 Å². The molecule has 0 N–H and O–H groups in total. The second kappa shape index (κ2) is 8.08. The first kappa shape index (κ1) is 13.7. The van der Waals surface area contributed by atoms with Crippen molar-refractivity contribution in [1.82, 2.24) is 0 Å². The molecule has 0 heterocycles. The van der Waals surface area contributed by atoms with E-state index in [2.05, 4.69) is 46.8 Å². The minimum absolute atomic E-state index is 0.760. The van der Waals surface area contributed by atoms with Gasteiger partial charge in [0, 0.05) is 0 Å². The van der Waals surface area contributed by atoms with Gasteiger partial charge in [0.05, 0.1) is 0 Å². The average molecular weight is 196 g/mol. The molecule has 0 aliphatic heterocycles. The fraction of sp³-hybridized carbons (Fsp3) is 0.857. The first-order chi connectivity index (χ1) is 6.56. The van der Waals surface area contributed by atoms with Crippen LogP contribution in [0.1, 0.15) is 60.3 Å². The maximum absolute atomic E-state index is 2.37. The van der Waals surface area contributed by atoms with E-state index in [-0.39, 0.29) is 0 Å². The molecule has 0 radical (unpaired) electrons. The Morgan fingerprint density at radius 2 is 1.71 bits per heavy atom. The zero-order chi connectivity index (χ0) is 11.0. The van der Waals surface area contributed by atoms with E-state index < -0.39 is 0 Å². The van der Waals surface area contributed by atoms with Crippen molar-refractivity contribution < 1.29 is 0 Å². The molecular weight excluding hydrogens is 168 g/mol. The van der Waals surface area contributed by atoms with Crippen LogP contribution < -0.4 is 0 Å². The third kappa shape index (κ3) is 8.34. The van der Waals surface area contributed by atoms with Crippen LogP contribution in [0.3, 0.4) is 0 Å². The monoisotopic (exact) mass is 196 g/mol. The zero-order valence-corrected chi connectivity index (χ0v) is 10.7. The van der Waals surface area contributed by atoms with E-state index in [9.17, 15) is 0 Å². The molecule has 0 heteroatoms. The Morgan fingerprint density at radius 3 is 2.21 bits per heavy atom. The molecule has 0 spiro atoms. The van der Waals surface area contributed by atoms with E-state index in [1.807, 2.05) is 0 Å². The van der Waals surface area contributed by atoms with Gasteiger partial charge in [0.25, 0.3) is 0 Å². The van der Waals surface area contributed by atoms with Gasteiger partial charge in [-0.05, 0) is 37.0 Å². The van der Waals surface area contributed by atoms with Crippen molar-refractivity contribution in [3.63, 3.8) is 0 Å². The first-order valence-electron chi connectivity index (χ1n) is 6.22. The van der Waals surface area contributed by atoms with E-state index >= 15 is 0 Å². The third-order valence-corrected chi connectivity index (χ3v) is 2.81. The summed E-state index contributed by atoms with van der Waals surface area (Å²) in [5.74, 6) is 2.50. The minimum atomic E-state index is 0.760. The van der Waals surface area contributed by atoms with E-state index in [0.29, 0.717) is 0 Å². The fourth-order valence-corrected chi connectivity index (χ4v) is 1.77. The standard InChI is InChI=1S/C14H28/c1-6-13(4)9-7-8-10-14(5)11-12(2)3/h7,9,12-14H,6,8,10-11H2,1-5H3. The number of hydrogen-bond acceptors (Lipinski definition) is 0. The molecule has 0 saturated heterocycles. The highest BCUT2D eigenvalue weighted by Crippen LogP contribution is 2.16. The molecule has 0 aliphatic rings. The predicted octanol–water partition coefficient (Wildman–Crippen LogP) is 5.05. The third-order valence-electron chi connectivity index (χ3n) is 2.81. The highest BCUT2D eigenvalue weighted by atomic mass is 14.1. The van der Waals surface area contributed by atoms with Crippen LogP contribution >= 0.6 is 0 Å². The summed E-state index contributed by atoms with van der Waals surface area (Å²) in [7, 11) is 0. The van der Waals surface area contributed by atoms with Crippen LogP contribution in [0, 0.1) is 17.8 Å². The number of hydrogen-bond donors (Lipinski definition) is 0. The molecule has 14 heavy (non-hydrogen) atoms. The molecule has 0 fully saturated rings. The Kier molecular flexibility index (Phi) is 7.93. The molecular formula is C14H28. The Bertz CT molecular complexity index is 144. The van der Waals surface area contributed by atoms with Crippen molar-refractivity contribution in [1.29, 1.82) is 0 Å². The van der Waals surface area contributed by atoms with Crippen molar-refractivity contribution in [2.75, 3.05) is 0 Å².